The third-order valence-electron chi connectivity index (χ3n) is 12.2. The standard InChI is InChI=1S/C44H50N6O4/c1-24(2)26(5)42(51)49-19-7-9-39(49)38-23-32-30-14-16-33(45-34(30)17-18-36(32)47-38)28-11-13-29-27(21-28)12-15-35-31(29)22-37(46-35)40-10-8-20-50(40)43(52)41(25(3)4)48-44(53)54-6/h11-18,21,24-26,39-41H,7-10,19-20,22-23H2,1-6H3,(H,48,53)/t26-,39+,40+,41-/m1/s1. The van der Waals surface area contributed by atoms with Gasteiger partial charge < -0.3 is 19.9 Å². The maximum absolute atomic E-state index is 13.7. The van der Waals surface area contributed by atoms with Gasteiger partial charge in [-0.3, -0.25) is 19.6 Å². The van der Waals surface area contributed by atoms with Crippen molar-refractivity contribution < 1.29 is 19.1 Å². The van der Waals surface area contributed by atoms with Crippen LogP contribution in [0.2, 0.25) is 0 Å². The van der Waals surface area contributed by atoms with Gasteiger partial charge in [-0.2, -0.15) is 0 Å². The number of nitrogens with zero attached hydrogens (tertiary/aromatic N) is 5. The summed E-state index contributed by atoms with van der Waals surface area (Å²) >= 11 is 0. The third-order valence-corrected chi connectivity index (χ3v) is 12.2. The summed E-state index contributed by atoms with van der Waals surface area (Å²) in [6.45, 7) is 11.6. The fraction of sp³-hybridized carbons (Fsp3) is 0.455. The number of rotatable bonds is 8. The number of carbonyl (C=O) groups excluding carboxylic acids is 3. The molecular formula is C44H50N6O4. The van der Waals surface area contributed by atoms with Crippen molar-refractivity contribution in [2.24, 2.45) is 27.7 Å². The third kappa shape index (κ3) is 6.33. The van der Waals surface area contributed by atoms with E-state index in [2.05, 4.69) is 78.7 Å². The maximum Gasteiger partial charge on any atom is 0.407 e. The van der Waals surface area contributed by atoms with Crippen molar-refractivity contribution in [3.8, 4) is 11.3 Å². The number of benzene rings is 3. The highest BCUT2D eigenvalue weighted by atomic mass is 16.5. The number of nitrogens with one attached hydrogen (secondary N) is 1. The van der Waals surface area contributed by atoms with E-state index in [1.807, 2.05) is 25.7 Å². The Morgan fingerprint density at radius 1 is 0.741 bits per heavy atom. The molecule has 2 fully saturated rings. The number of alkyl carbamates (subject to hydrolysis) is 1. The number of aliphatic imine (C=N–C) groups is 2. The van der Waals surface area contributed by atoms with Gasteiger partial charge in [0, 0.05) is 54.2 Å². The quantitative estimate of drug-likeness (QED) is 0.198. The van der Waals surface area contributed by atoms with Gasteiger partial charge in [-0.1, -0.05) is 58.9 Å². The van der Waals surface area contributed by atoms with Crippen LogP contribution >= 0.6 is 0 Å². The first-order valence-electron chi connectivity index (χ1n) is 19.6. The van der Waals surface area contributed by atoms with Gasteiger partial charge >= 0.3 is 6.09 Å². The van der Waals surface area contributed by atoms with Crippen molar-refractivity contribution in [2.75, 3.05) is 20.2 Å². The second kappa shape index (κ2) is 14.3. The molecular weight excluding hydrogens is 677 g/mol. The van der Waals surface area contributed by atoms with Gasteiger partial charge in [-0.15, -0.1) is 0 Å². The Morgan fingerprint density at radius 2 is 1.35 bits per heavy atom. The van der Waals surface area contributed by atoms with Crippen molar-refractivity contribution in [2.45, 2.75) is 91.3 Å². The van der Waals surface area contributed by atoms with Gasteiger partial charge in [0.05, 0.1) is 41.8 Å². The van der Waals surface area contributed by atoms with Crippen molar-refractivity contribution in [3.05, 3.63) is 65.7 Å². The van der Waals surface area contributed by atoms with Crippen LogP contribution in [0.1, 0.15) is 71.4 Å². The average molecular weight is 727 g/mol. The highest BCUT2D eigenvalue weighted by molar-refractivity contribution is 6.07. The van der Waals surface area contributed by atoms with E-state index in [1.54, 1.807) is 0 Å². The minimum Gasteiger partial charge on any atom is -0.453 e. The monoisotopic (exact) mass is 726 g/mol. The predicted octanol–water partition coefficient (Wildman–Crippen LogP) is 7.97. The van der Waals surface area contributed by atoms with Crippen molar-refractivity contribution in [1.82, 2.24) is 20.1 Å². The molecule has 54 heavy (non-hydrogen) atoms. The number of amides is 3. The molecule has 0 bridgehead atoms. The van der Waals surface area contributed by atoms with E-state index in [0.29, 0.717) is 18.9 Å². The van der Waals surface area contributed by atoms with Crippen LogP contribution in [0.4, 0.5) is 16.2 Å². The highest BCUT2D eigenvalue weighted by Gasteiger charge is 2.40. The molecule has 0 saturated carbocycles. The average Bonchev–Trinajstić information content (AvgIpc) is 4.00. The summed E-state index contributed by atoms with van der Waals surface area (Å²) in [5.74, 6) is 0.389. The molecule has 0 radical (unpaired) electrons. The molecule has 4 aliphatic heterocycles. The first kappa shape index (κ1) is 35.9. The van der Waals surface area contributed by atoms with Gasteiger partial charge in [0.25, 0.3) is 0 Å². The summed E-state index contributed by atoms with van der Waals surface area (Å²) in [7, 11) is 1.31. The fourth-order valence-corrected chi connectivity index (χ4v) is 8.85. The van der Waals surface area contributed by atoms with Crippen molar-refractivity contribution in [1.29, 1.82) is 0 Å². The van der Waals surface area contributed by atoms with Crippen LogP contribution < -0.4 is 5.32 Å². The van der Waals surface area contributed by atoms with Gasteiger partial charge in [-0.05, 0) is 89.8 Å². The van der Waals surface area contributed by atoms with Gasteiger partial charge in [0.2, 0.25) is 11.8 Å². The Morgan fingerprint density at radius 3 is 1.98 bits per heavy atom. The van der Waals surface area contributed by atoms with Crippen molar-refractivity contribution >= 4 is 62.4 Å². The molecule has 0 unspecified atom stereocenters. The smallest absolute Gasteiger partial charge is 0.407 e. The molecule has 4 atom stereocenters. The Hall–Kier alpha value is -5.12. The molecule has 1 aromatic heterocycles. The fourth-order valence-electron chi connectivity index (χ4n) is 8.85. The molecule has 4 aromatic rings. The lowest BCUT2D eigenvalue weighted by molar-refractivity contribution is -0.136. The molecule has 4 aliphatic rings. The summed E-state index contributed by atoms with van der Waals surface area (Å²) in [6, 6.07) is 18.5. The zero-order chi connectivity index (χ0) is 37.8. The SMILES string of the molecule is COC(=O)N[C@@H](C(=O)N1CCC[C@H]1C1=Nc2ccc3cc(-c4ccc5c6c(ccc5n4)N=C([C@@H]4CCCN4C(=O)[C@H](C)C(C)C)C6)ccc3c2C1)C(C)C. The van der Waals surface area contributed by atoms with E-state index < -0.39 is 12.1 Å². The lowest BCUT2D eigenvalue weighted by Crippen LogP contribution is -2.53. The maximum atomic E-state index is 13.7. The zero-order valence-corrected chi connectivity index (χ0v) is 32.2. The molecule has 280 valence electrons. The van der Waals surface area contributed by atoms with E-state index >= 15 is 0 Å². The Labute approximate surface area is 317 Å². The molecule has 1 N–H and O–H groups in total. The van der Waals surface area contributed by atoms with Crippen molar-refractivity contribution in [3.63, 3.8) is 0 Å². The summed E-state index contributed by atoms with van der Waals surface area (Å²) in [6.07, 6.45) is 4.56. The molecule has 3 aromatic carbocycles. The van der Waals surface area contributed by atoms with Crippen LogP contribution in [0.5, 0.6) is 0 Å². The first-order valence-corrected chi connectivity index (χ1v) is 19.6. The normalized spacial score (nSPS) is 20.4. The first-order chi connectivity index (χ1) is 26.0. The van der Waals surface area contributed by atoms with E-state index in [4.69, 9.17) is 19.7 Å². The lowest BCUT2D eigenvalue weighted by Gasteiger charge is -2.30. The lowest BCUT2D eigenvalue weighted by atomic mass is 9.95. The molecule has 8 rings (SSSR count). The number of hydrogen-bond donors (Lipinski definition) is 1. The number of methoxy groups -OCH3 is 1. The topological polar surface area (TPSA) is 117 Å². The largest absolute Gasteiger partial charge is 0.453 e. The Kier molecular flexibility index (Phi) is 9.48. The molecule has 3 amide bonds. The van der Waals surface area contributed by atoms with E-state index in [-0.39, 0.29) is 35.7 Å². The number of carbonyl (C=O) groups is 3. The number of likely N-dealkylation sites (tertiary alicyclic amines) is 2. The van der Waals surface area contributed by atoms with Crippen LogP contribution in [0.25, 0.3) is 32.9 Å². The molecule has 0 aliphatic carbocycles. The molecule has 10 heteroatoms. The van der Waals surface area contributed by atoms with Gasteiger partial charge in [0.1, 0.15) is 6.04 Å². The van der Waals surface area contributed by atoms with Crippen LogP contribution in [-0.4, -0.2) is 82.4 Å². The molecule has 2 saturated heterocycles. The number of pyridine rings is 1. The summed E-state index contributed by atoms with van der Waals surface area (Å²) in [5.41, 5.74) is 9.33. The van der Waals surface area contributed by atoms with Crippen LogP contribution in [0.15, 0.2) is 64.6 Å². The van der Waals surface area contributed by atoms with E-state index in [1.165, 1.54) is 18.2 Å². The molecule has 5 heterocycles. The number of aromatic nitrogens is 1. The minimum absolute atomic E-state index is 0.00210. The summed E-state index contributed by atoms with van der Waals surface area (Å²) < 4.78 is 4.80. The van der Waals surface area contributed by atoms with Crippen LogP contribution in [-0.2, 0) is 27.2 Å². The van der Waals surface area contributed by atoms with Crippen LogP contribution in [0, 0.1) is 17.8 Å². The molecule has 0 spiro atoms. The van der Waals surface area contributed by atoms with Gasteiger partial charge in [0.15, 0.2) is 0 Å². The number of ether oxygens (including phenoxy) is 1. The second-order valence-electron chi connectivity index (χ2n) is 16.2. The highest BCUT2D eigenvalue weighted by Crippen LogP contribution is 2.40. The predicted molar refractivity (Wildman–Crippen MR) is 214 cm³/mol. The Balaban J connectivity index is 0.997. The molecule has 10 nitrogen and oxygen atoms in total. The summed E-state index contributed by atoms with van der Waals surface area (Å²) in [5, 5.41) is 6.14. The van der Waals surface area contributed by atoms with E-state index in [9.17, 15) is 14.4 Å². The summed E-state index contributed by atoms with van der Waals surface area (Å²) in [4.78, 5) is 58.4. The van der Waals surface area contributed by atoms with E-state index in [0.717, 1.165) is 94.4 Å². The zero-order valence-electron chi connectivity index (χ0n) is 32.2. The minimum atomic E-state index is -0.657. The number of fused-ring (bicyclic) bond motifs is 6. The second-order valence-corrected chi connectivity index (χ2v) is 16.2. The van der Waals surface area contributed by atoms with Gasteiger partial charge in [-0.25, -0.2) is 9.78 Å². The van der Waals surface area contributed by atoms with Crippen LogP contribution in [0.3, 0.4) is 0 Å². The number of hydrogen-bond acceptors (Lipinski definition) is 7. The Bertz CT molecular complexity index is 2240.